The highest BCUT2D eigenvalue weighted by atomic mass is 35.5. The first-order valence-electron chi connectivity index (χ1n) is 5.94. The first-order chi connectivity index (χ1) is 8.56. The van der Waals surface area contributed by atoms with Crippen LogP contribution in [-0.4, -0.2) is 0 Å². The molecule has 0 heterocycles. The Kier molecular flexibility index (Phi) is 3.78. The van der Waals surface area contributed by atoms with Crippen molar-refractivity contribution in [2.75, 3.05) is 11.1 Å². The first kappa shape index (κ1) is 12.8. The zero-order valence-corrected chi connectivity index (χ0v) is 11.3. The molecule has 94 valence electrons. The highest BCUT2D eigenvalue weighted by Crippen LogP contribution is 2.23. The Bertz CT molecular complexity index is 552. The van der Waals surface area contributed by atoms with E-state index in [-0.39, 0.29) is 6.04 Å². The molecule has 0 bridgehead atoms. The van der Waals surface area contributed by atoms with Crippen LogP contribution < -0.4 is 11.1 Å². The molecule has 0 aromatic heterocycles. The van der Waals surface area contributed by atoms with Gasteiger partial charge in [-0.05, 0) is 55.3 Å². The van der Waals surface area contributed by atoms with Gasteiger partial charge in [-0.1, -0.05) is 23.7 Å². The molecule has 0 radical (unpaired) electrons. The topological polar surface area (TPSA) is 38.0 Å². The van der Waals surface area contributed by atoms with E-state index in [0.29, 0.717) is 0 Å². The Morgan fingerprint density at radius 1 is 1.17 bits per heavy atom. The quantitative estimate of drug-likeness (QED) is 0.803. The number of benzene rings is 2. The Morgan fingerprint density at radius 2 is 1.94 bits per heavy atom. The zero-order valence-electron chi connectivity index (χ0n) is 10.6. The summed E-state index contributed by atoms with van der Waals surface area (Å²) in [5.41, 5.74) is 9.93. The van der Waals surface area contributed by atoms with Crippen molar-refractivity contribution in [3.05, 3.63) is 58.6 Å². The van der Waals surface area contributed by atoms with Gasteiger partial charge >= 0.3 is 0 Å². The van der Waals surface area contributed by atoms with Crippen molar-refractivity contribution < 1.29 is 0 Å². The Labute approximate surface area is 113 Å². The van der Waals surface area contributed by atoms with E-state index >= 15 is 0 Å². The number of halogens is 1. The van der Waals surface area contributed by atoms with E-state index in [1.165, 1.54) is 0 Å². The number of rotatable bonds is 3. The van der Waals surface area contributed by atoms with E-state index in [0.717, 1.165) is 27.5 Å². The van der Waals surface area contributed by atoms with Gasteiger partial charge in [-0.2, -0.15) is 0 Å². The summed E-state index contributed by atoms with van der Waals surface area (Å²) >= 11 is 5.99. The summed E-state index contributed by atoms with van der Waals surface area (Å²) in [6.45, 7) is 4.11. The van der Waals surface area contributed by atoms with Crippen molar-refractivity contribution in [1.29, 1.82) is 0 Å². The van der Waals surface area contributed by atoms with Crippen LogP contribution in [0.5, 0.6) is 0 Å². The van der Waals surface area contributed by atoms with Gasteiger partial charge in [0.2, 0.25) is 0 Å². The zero-order chi connectivity index (χ0) is 13.1. The SMILES string of the molecule is Cc1cc(NC(C)c2cccc(Cl)c2)ccc1N. The van der Waals surface area contributed by atoms with Crippen LogP contribution in [0, 0.1) is 6.92 Å². The molecule has 0 aliphatic carbocycles. The monoisotopic (exact) mass is 260 g/mol. The standard InChI is InChI=1S/C15H17ClN2/c1-10-8-14(6-7-15(10)17)18-11(2)12-4-3-5-13(16)9-12/h3-9,11,18H,17H2,1-2H3. The van der Waals surface area contributed by atoms with Crippen LogP contribution >= 0.6 is 11.6 Å². The average molecular weight is 261 g/mol. The summed E-state index contributed by atoms with van der Waals surface area (Å²) in [5.74, 6) is 0. The van der Waals surface area contributed by atoms with Gasteiger partial charge in [0.15, 0.2) is 0 Å². The van der Waals surface area contributed by atoms with Crippen molar-refractivity contribution in [3.8, 4) is 0 Å². The normalized spacial score (nSPS) is 12.2. The van der Waals surface area contributed by atoms with Crippen molar-refractivity contribution >= 4 is 23.0 Å². The maximum absolute atomic E-state index is 5.99. The number of nitrogen functional groups attached to an aromatic ring is 1. The largest absolute Gasteiger partial charge is 0.399 e. The third kappa shape index (κ3) is 2.96. The summed E-state index contributed by atoms with van der Waals surface area (Å²) < 4.78 is 0. The number of aryl methyl sites for hydroxylation is 1. The Morgan fingerprint density at radius 3 is 2.61 bits per heavy atom. The molecule has 1 unspecified atom stereocenters. The fourth-order valence-corrected chi connectivity index (χ4v) is 2.07. The molecule has 1 atom stereocenters. The Balaban J connectivity index is 2.16. The van der Waals surface area contributed by atoms with Gasteiger partial charge in [0.25, 0.3) is 0 Å². The molecular formula is C15H17ClN2. The van der Waals surface area contributed by atoms with Crippen LogP contribution in [0.1, 0.15) is 24.1 Å². The van der Waals surface area contributed by atoms with Gasteiger partial charge in [0.1, 0.15) is 0 Å². The van der Waals surface area contributed by atoms with Crippen molar-refractivity contribution in [2.24, 2.45) is 0 Å². The maximum atomic E-state index is 5.99. The highest BCUT2D eigenvalue weighted by Gasteiger charge is 2.06. The lowest BCUT2D eigenvalue weighted by atomic mass is 10.1. The second kappa shape index (κ2) is 5.32. The lowest BCUT2D eigenvalue weighted by Crippen LogP contribution is -2.06. The summed E-state index contributed by atoms with van der Waals surface area (Å²) in [5, 5.41) is 4.20. The predicted molar refractivity (Wildman–Crippen MR) is 79.1 cm³/mol. The summed E-state index contributed by atoms with van der Waals surface area (Å²) in [6, 6.07) is 14.0. The van der Waals surface area contributed by atoms with Gasteiger partial charge in [-0.25, -0.2) is 0 Å². The predicted octanol–water partition coefficient (Wildman–Crippen LogP) is 4.40. The first-order valence-corrected chi connectivity index (χ1v) is 6.32. The minimum Gasteiger partial charge on any atom is -0.399 e. The van der Waals surface area contributed by atoms with E-state index in [9.17, 15) is 0 Å². The molecule has 0 fully saturated rings. The number of anilines is 2. The molecule has 3 heteroatoms. The molecule has 0 saturated heterocycles. The van der Waals surface area contributed by atoms with Crippen LogP contribution in [0.3, 0.4) is 0 Å². The molecule has 2 nitrogen and oxygen atoms in total. The summed E-state index contributed by atoms with van der Waals surface area (Å²) in [6.07, 6.45) is 0. The third-order valence-corrected chi connectivity index (χ3v) is 3.24. The molecular weight excluding hydrogens is 244 g/mol. The molecule has 0 aliphatic heterocycles. The summed E-state index contributed by atoms with van der Waals surface area (Å²) in [4.78, 5) is 0. The Hall–Kier alpha value is -1.67. The maximum Gasteiger partial charge on any atom is 0.0486 e. The fourth-order valence-electron chi connectivity index (χ4n) is 1.87. The fraction of sp³-hybridized carbons (Fsp3) is 0.200. The van der Waals surface area contributed by atoms with E-state index < -0.39 is 0 Å². The van der Waals surface area contributed by atoms with E-state index in [4.69, 9.17) is 17.3 Å². The number of nitrogens with one attached hydrogen (secondary N) is 1. The van der Waals surface area contributed by atoms with Crippen molar-refractivity contribution in [3.63, 3.8) is 0 Å². The average Bonchev–Trinajstić information content (AvgIpc) is 2.34. The van der Waals surface area contributed by atoms with Crippen molar-refractivity contribution in [2.45, 2.75) is 19.9 Å². The minimum atomic E-state index is 0.201. The molecule has 2 aromatic carbocycles. The van der Waals surface area contributed by atoms with E-state index in [2.05, 4.69) is 24.4 Å². The summed E-state index contributed by atoms with van der Waals surface area (Å²) in [7, 11) is 0. The van der Waals surface area contributed by atoms with Gasteiger partial charge in [0, 0.05) is 22.4 Å². The minimum absolute atomic E-state index is 0.201. The van der Waals surface area contributed by atoms with Gasteiger partial charge in [-0.3, -0.25) is 0 Å². The molecule has 2 aromatic rings. The number of hydrogen-bond acceptors (Lipinski definition) is 2. The lowest BCUT2D eigenvalue weighted by molar-refractivity contribution is 0.884. The molecule has 18 heavy (non-hydrogen) atoms. The lowest BCUT2D eigenvalue weighted by Gasteiger charge is -2.16. The van der Waals surface area contributed by atoms with Crippen LogP contribution in [-0.2, 0) is 0 Å². The van der Waals surface area contributed by atoms with Gasteiger partial charge < -0.3 is 11.1 Å². The molecule has 3 N–H and O–H groups in total. The molecule has 2 rings (SSSR count). The molecule has 0 amide bonds. The van der Waals surface area contributed by atoms with Crippen LogP contribution in [0.4, 0.5) is 11.4 Å². The second-order valence-electron chi connectivity index (χ2n) is 4.49. The smallest absolute Gasteiger partial charge is 0.0486 e. The highest BCUT2D eigenvalue weighted by molar-refractivity contribution is 6.30. The van der Waals surface area contributed by atoms with Gasteiger partial charge in [0.05, 0.1) is 0 Å². The molecule has 0 spiro atoms. The van der Waals surface area contributed by atoms with Crippen LogP contribution in [0.25, 0.3) is 0 Å². The molecule has 0 saturated carbocycles. The van der Waals surface area contributed by atoms with E-state index in [1.807, 2.05) is 37.3 Å². The second-order valence-corrected chi connectivity index (χ2v) is 4.93. The number of nitrogens with two attached hydrogens (primary N) is 1. The number of hydrogen-bond donors (Lipinski definition) is 2. The molecule has 0 aliphatic rings. The van der Waals surface area contributed by atoms with E-state index in [1.54, 1.807) is 0 Å². The van der Waals surface area contributed by atoms with Gasteiger partial charge in [-0.15, -0.1) is 0 Å². The van der Waals surface area contributed by atoms with Crippen LogP contribution in [0.2, 0.25) is 5.02 Å². The third-order valence-electron chi connectivity index (χ3n) is 3.00. The van der Waals surface area contributed by atoms with Crippen LogP contribution in [0.15, 0.2) is 42.5 Å². The van der Waals surface area contributed by atoms with Crippen molar-refractivity contribution in [1.82, 2.24) is 0 Å².